The van der Waals surface area contributed by atoms with E-state index < -0.39 is 53.7 Å². The molecule has 6 nitrogen and oxygen atoms in total. The fraction of sp³-hybridized carbons (Fsp3) is 0.211. The highest BCUT2D eigenvalue weighted by Crippen LogP contribution is 2.38. The number of hydrogen-bond donors (Lipinski definition) is 1. The Balaban J connectivity index is 1.80. The number of anilines is 2. The lowest BCUT2D eigenvalue weighted by Crippen LogP contribution is -2.39. The van der Waals surface area contributed by atoms with Crippen LogP contribution in [0.3, 0.4) is 0 Å². The van der Waals surface area contributed by atoms with Gasteiger partial charge in [-0.05, 0) is 43.3 Å². The van der Waals surface area contributed by atoms with Gasteiger partial charge in [0, 0.05) is 5.69 Å². The van der Waals surface area contributed by atoms with Crippen molar-refractivity contribution >= 4 is 40.8 Å². The molecule has 0 aromatic heterocycles. The molecule has 2 aromatic rings. The first-order valence-corrected chi connectivity index (χ1v) is 8.94. The van der Waals surface area contributed by atoms with E-state index in [1.807, 2.05) is 5.32 Å². The second-order valence-corrected chi connectivity index (χ2v) is 6.84. The molecule has 0 aliphatic carbocycles. The highest BCUT2D eigenvalue weighted by molar-refractivity contribution is 6.34. The summed E-state index contributed by atoms with van der Waals surface area (Å²) in [5.41, 5.74) is -1.60. The number of para-hydroxylation sites is 1. The fourth-order valence-corrected chi connectivity index (χ4v) is 3.24. The van der Waals surface area contributed by atoms with Gasteiger partial charge in [-0.25, -0.2) is 9.18 Å². The van der Waals surface area contributed by atoms with Gasteiger partial charge in [0.2, 0.25) is 5.91 Å². The maximum atomic E-state index is 13.2. The van der Waals surface area contributed by atoms with E-state index in [1.54, 1.807) is 0 Å². The summed E-state index contributed by atoms with van der Waals surface area (Å²) in [6, 6.07) is 5.93. The molecule has 0 bridgehead atoms. The number of nitrogens with one attached hydrogen (secondary N) is 1. The molecule has 2 aromatic carbocycles. The van der Waals surface area contributed by atoms with Gasteiger partial charge in [-0.1, -0.05) is 17.7 Å². The number of alkyl halides is 3. The summed E-state index contributed by atoms with van der Waals surface area (Å²) in [7, 11) is 0. The molecule has 0 radical (unpaired) electrons. The molecule has 0 saturated carbocycles. The van der Waals surface area contributed by atoms with Gasteiger partial charge in [0.25, 0.3) is 5.91 Å². The maximum absolute atomic E-state index is 13.2. The summed E-state index contributed by atoms with van der Waals surface area (Å²) in [5, 5.41) is 1.68. The van der Waals surface area contributed by atoms with Crippen LogP contribution in [0.25, 0.3) is 0 Å². The zero-order valence-electron chi connectivity index (χ0n) is 15.3. The van der Waals surface area contributed by atoms with Crippen molar-refractivity contribution < 1.29 is 31.9 Å². The lowest BCUT2D eigenvalue weighted by molar-refractivity contribution is -0.137. The Morgan fingerprint density at radius 3 is 2.37 bits per heavy atom. The van der Waals surface area contributed by atoms with Crippen molar-refractivity contribution in [3.05, 3.63) is 58.9 Å². The molecule has 1 unspecified atom stereocenters. The lowest BCUT2D eigenvalue weighted by Gasteiger charge is -2.19. The second kappa shape index (κ2) is 7.94. The van der Waals surface area contributed by atoms with Crippen LogP contribution < -0.4 is 10.2 Å². The zero-order chi connectivity index (χ0) is 22.2. The van der Waals surface area contributed by atoms with Crippen LogP contribution in [0.15, 0.2) is 42.5 Å². The predicted octanol–water partition coefficient (Wildman–Crippen LogP) is 4.29. The molecular formula is C19H14ClF4N3O3. The van der Waals surface area contributed by atoms with Gasteiger partial charge in [-0.2, -0.15) is 13.2 Å². The summed E-state index contributed by atoms with van der Waals surface area (Å²) in [5.74, 6) is -2.31. The number of carbonyl (C=O) groups is 3. The van der Waals surface area contributed by atoms with E-state index in [1.165, 1.54) is 19.1 Å². The van der Waals surface area contributed by atoms with Crippen molar-refractivity contribution in [1.29, 1.82) is 0 Å². The van der Waals surface area contributed by atoms with Crippen LogP contribution in [0.4, 0.5) is 33.7 Å². The number of rotatable bonds is 4. The van der Waals surface area contributed by atoms with Crippen LogP contribution in [0.2, 0.25) is 5.02 Å². The molecule has 1 aliphatic heterocycles. The van der Waals surface area contributed by atoms with Crippen molar-refractivity contribution in [3.8, 4) is 0 Å². The Kier molecular flexibility index (Phi) is 5.71. The third kappa shape index (κ3) is 4.09. The number of halogens is 5. The third-order valence-electron chi connectivity index (χ3n) is 4.44. The predicted molar refractivity (Wildman–Crippen MR) is 101 cm³/mol. The molecule has 3 rings (SSSR count). The van der Waals surface area contributed by atoms with Gasteiger partial charge in [-0.3, -0.25) is 19.4 Å². The average Bonchev–Trinajstić information content (AvgIpc) is 2.87. The molecule has 0 spiro atoms. The normalized spacial score (nSPS) is 16.9. The van der Waals surface area contributed by atoms with E-state index in [2.05, 4.69) is 0 Å². The molecular weight excluding hydrogens is 430 g/mol. The quantitative estimate of drug-likeness (QED) is 0.566. The van der Waals surface area contributed by atoms with Crippen molar-refractivity contribution in [2.24, 2.45) is 0 Å². The number of imide groups is 1. The molecule has 1 aliphatic rings. The fourth-order valence-electron chi connectivity index (χ4n) is 3.02. The number of carbonyl (C=O) groups excluding carboxylic acids is 3. The molecule has 11 heteroatoms. The number of urea groups is 1. The minimum absolute atomic E-state index is 0.232. The smallest absolute Gasteiger partial charge is 0.323 e. The largest absolute Gasteiger partial charge is 0.418 e. The average molecular weight is 444 g/mol. The summed E-state index contributed by atoms with van der Waals surface area (Å²) in [6.45, 7) is 0.597. The summed E-state index contributed by atoms with van der Waals surface area (Å²) >= 11 is 5.79. The molecule has 1 atom stereocenters. The van der Waals surface area contributed by atoms with E-state index in [-0.39, 0.29) is 10.7 Å². The topological polar surface area (TPSA) is 69.7 Å². The minimum Gasteiger partial charge on any atom is -0.323 e. The molecule has 1 saturated heterocycles. The lowest BCUT2D eigenvalue weighted by atomic mass is 10.1. The van der Waals surface area contributed by atoms with E-state index in [0.717, 1.165) is 35.2 Å². The first-order valence-electron chi connectivity index (χ1n) is 8.56. The van der Waals surface area contributed by atoms with Crippen LogP contribution in [0.1, 0.15) is 12.5 Å². The van der Waals surface area contributed by atoms with Gasteiger partial charge >= 0.3 is 12.2 Å². The number of benzene rings is 2. The van der Waals surface area contributed by atoms with Crippen LogP contribution in [0, 0.1) is 5.82 Å². The number of amides is 4. The Morgan fingerprint density at radius 1 is 1.13 bits per heavy atom. The number of hydrogen-bond acceptors (Lipinski definition) is 3. The van der Waals surface area contributed by atoms with E-state index in [0.29, 0.717) is 4.90 Å². The zero-order valence-corrected chi connectivity index (χ0v) is 16.1. The third-order valence-corrected chi connectivity index (χ3v) is 4.75. The maximum Gasteiger partial charge on any atom is 0.418 e. The molecule has 1 heterocycles. The molecule has 4 amide bonds. The Bertz CT molecular complexity index is 1010. The van der Waals surface area contributed by atoms with Gasteiger partial charge in [-0.15, -0.1) is 0 Å². The van der Waals surface area contributed by atoms with Crippen molar-refractivity contribution in [1.82, 2.24) is 4.90 Å². The summed E-state index contributed by atoms with van der Waals surface area (Å²) in [4.78, 5) is 39.1. The highest BCUT2D eigenvalue weighted by Gasteiger charge is 2.44. The first-order chi connectivity index (χ1) is 14.0. The Labute approximate surface area is 173 Å². The minimum atomic E-state index is -4.78. The standard InChI is InChI=1S/C19H14ClF4N3O3/c1-10-17(29)26(18(30)27(10)12-7-5-11(21)6-8-12)9-15(28)25-16-13(19(22,23)24)3-2-4-14(16)20/h2-8,10H,9H2,1H3,(H,25,28). The van der Waals surface area contributed by atoms with Crippen LogP contribution in [0.5, 0.6) is 0 Å². The highest BCUT2D eigenvalue weighted by atomic mass is 35.5. The Morgan fingerprint density at radius 2 is 1.77 bits per heavy atom. The van der Waals surface area contributed by atoms with E-state index in [9.17, 15) is 31.9 Å². The monoisotopic (exact) mass is 443 g/mol. The van der Waals surface area contributed by atoms with E-state index >= 15 is 0 Å². The second-order valence-electron chi connectivity index (χ2n) is 6.44. The first kappa shape index (κ1) is 21.6. The molecule has 30 heavy (non-hydrogen) atoms. The van der Waals surface area contributed by atoms with Crippen molar-refractivity contribution in [2.45, 2.75) is 19.1 Å². The molecule has 158 valence electrons. The van der Waals surface area contributed by atoms with Crippen LogP contribution in [-0.2, 0) is 15.8 Å². The van der Waals surface area contributed by atoms with E-state index in [4.69, 9.17) is 11.6 Å². The van der Waals surface area contributed by atoms with Gasteiger partial charge in [0.05, 0.1) is 16.3 Å². The van der Waals surface area contributed by atoms with Gasteiger partial charge in [0.1, 0.15) is 18.4 Å². The summed E-state index contributed by atoms with van der Waals surface area (Å²) < 4.78 is 52.6. The molecule has 1 fully saturated rings. The van der Waals surface area contributed by atoms with Gasteiger partial charge < -0.3 is 5.32 Å². The Hall–Kier alpha value is -3.14. The SMILES string of the molecule is CC1C(=O)N(CC(=O)Nc2c(Cl)cccc2C(F)(F)F)C(=O)N1c1ccc(F)cc1. The van der Waals surface area contributed by atoms with Gasteiger partial charge in [0.15, 0.2) is 0 Å². The van der Waals surface area contributed by atoms with Crippen LogP contribution in [-0.4, -0.2) is 35.3 Å². The van der Waals surface area contributed by atoms with Crippen molar-refractivity contribution in [2.75, 3.05) is 16.8 Å². The molecule has 1 N–H and O–H groups in total. The van der Waals surface area contributed by atoms with Crippen molar-refractivity contribution in [3.63, 3.8) is 0 Å². The van der Waals surface area contributed by atoms with Crippen LogP contribution >= 0.6 is 11.6 Å². The number of nitrogens with zero attached hydrogens (tertiary/aromatic N) is 2. The summed E-state index contributed by atoms with van der Waals surface area (Å²) in [6.07, 6.45) is -4.78.